The van der Waals surface area contributed by atoms with Crippen molar-refractivity contribution in [3.63, 3.8) is 0 Å². The maximum absolute atomic E-state index is 13.1. The lowest BCUT2D eigenvalue weighted by atomic mass is 10.0. The predicted octanol–water partition coefficient (Wildman–Crippen LogP) is 0.507. The van der Waals surface area contributed by atoms with E-state index in [1.165, 1.54) is 36.2 Å². The van der Waals surface area contributed by atoms with E-state index < -0.39 is 17.6 Å². The van der Waals surface area contributed by atoms with E-state index in [1.807, 2.05) is 0 Å². The van der Waals surface area contributed by atoms with Crippen LogP contribution in [0.1, 0.15) is 5.56 Å². The molecule has 1 N–H and O–H groups in total. The van der Waals surface area contributed by atoms with Crippen LogP contribution in [-0.4, -0.2) is 43.3 Å². The Kier molecular flexibility index (Phi) is 5.81. The van der Waals surface area contributed by atoms with Crippen molar-refractivity contribution in [2.45, 2.75) is 12.5 Å². The Balaban J connectivity index is 2.93. The van der Waals surface area contributed by atoms with Gasteiger partial charge < -0.3 is 10.2 Å². The number of Topliss-reactive ketones (excluding diaryl/α,β-unsaturated/α-hetero) is 1. The van der Waals surface area contributed by atoms with Gasteiger partial charge in [-0.15, -0.1) is 0 Å². The molecule has 0 heterocycles. The summed E-state index contributed by atoms with van der Waals surface area (Å²) in [6, 6.07) is 6.37. The smallest absolute Gasteiger partial charge is 0.254 e. The Labute approximate surface area is 117 Å². The molecule has 1 rings (SSSR count). The van der Waals surface area contributed by atoms with Crippen molar-refractivity contribution in [3.05, 3.63) is 35.6 Å². The Bertz CT molecular complexity index is 539. The van der Waals surface area contributed by atoms with Gasteiger partial charge in [-0.2, -0.15) is 5.26 Å². The molecule has 1 aromatic rings. The number of nitrogens with one attached hydrogen (secondary N) is 1. The van der Waals surface area contributed by atoms with Crippen LogP contribution in [0.4, 0.5) is 4.39 Å². The zero-order valence-corrected chi connectivity index (χ0v) is 11.4. The Morgan fingerprint density at radius 1 is 1.50 bits per heavy atom. The van der Waals surface area contributed by atoms with Gasteiger partial charge in [0.25, 0.3) is 5.78 Å². The quantitative estimate of drug-likeness (QED) is 0.769. The molecule has 0 fully saturated rings. The molecule has 0 aliphatic rings. The van der Waals surface area contributed by atoms with Crippen molar-refractivity contribution < 1.29 is 14.0 Å². The third-order valence-electron chi connectivity index (χ3n) is 2.92. The average molecular weight is 277 g/mol. The molecule has 0 saturated carbocycles. The van der Waals surface area contributed by atoms with Gasteiger partial charge in [0.1, 0.15) is 17.9 Å². The summed E-state index contributed by atoms with van der Waals surface area (Å²) in [6.45, 7) is 0.0643. The number of carbonyl (C=O) groups is 2. The second kappa shape index (κ2) is 7.36. The molecule has 1 atom stereocenters. The molecule has 0 radical (unpaired) electrons. The van der Waals surface area contributed by atoms with Gasteiger partial charge in [0.05, 0.1) is 6.54 Å². The van der Waals surface area contributed by atoms with Gasteiger partial charge in [-0.05, 0) is 24.7 Å². The number of likely N-dealkylation sites (N-methyl/N-ethyl adjacent to an activating group) is 2. The third kappa shape index (κ3) is 4.14. The number of benzene rings is 1. The van der Waals surface area contributed by atoms with Crippen LogP contribution in [0.15, 0.2) is 24.3 Å². The first kappa shape index (κ1) is 15.8. The topological polar surface area (TPSA) is 73.2 Å². The van der Waals surface area contributed by atoms with E-state index in [9.17, 15) is 14.0 Å². The lowest BCUT2D eigenvalue weighted by Gasteiger charge is -2.25. The molecule has 0 aliphatic heterocycles. The normalized spacial score (nSPS) is 11.5. The first-order valence-electron chi connectivity index (χ1n) is 6.08. The SMILES string of the molecule is CNCC(=O)N(C)C(Cc1cccc(F)c1)C(=O)C#N. The minimum Gasteiger partial charge on any atom is -0.333 e. The molecule has 1 aromatic carbocycles. The highest BCUT2D eigenvalue weighted by Gasteiger charge is 2.26. The second-order valence-electron chi connectivity index (χ2n) is 4.36. The number of rotatable bonds is 6. The number of carbonyl (C=O) groups excluding carboxylic acids is 2. The van der Waals surface area contributed by atoms with Crippen LogP contribution < -0.4 is 5.32 Å². The van der Waals surface area contributed by atoms with Crippen LogP contribution in [0.3, 0.4) is 0 Å². The van der Waals surface area contributed by atoms with Gasteiger partial charge >= 0.3 is 0 Å². The van der Waals surface area contributed by atoms with Crippen LogP contribution in [0.25, 0.3) is 0 Å². The van der Waals surface area contributed by atoms with E-state index in [4.69, 9.17) is 5.26 Å². The predicted molar refractivity (Wildman–Crippen MR) is 71.2 cm³/mol. The molecule has 0 spiro atoms. The monoisotopic (exact) mass is 277 g/mol. The van der Waals surface area contributed by atoms with Crippen molar-refractivity contribution >= 4 is 11.7 Å². The molecule has 0 aromatic heterocycles. The molecular weight excluding hydrogens is 261 g/mol. The summed E-state index contributed by atoms with van der Waals surface area (Å²) in [5, 5.41) is 11.5. The van der Waals surface area contributed by atoms with Crippen LogP contribution in [-0.2, 0) is 16.0 Å². The summed E-state index contributed by atoms with van der Waals surface area (Å²) in [6.07, 6.45) is 0.107. The zero-order valence-electron chi connectivity index (χ0n) is 11.4. The molecule has 20 heavy (non-hydrogen) atoms. The molecule has 0 saturated heterocycles. The fourth-order valence-electron chi connectivity index (χ4n) is 1.82. The number of hydrogen-bond donors (Lipinski definition) is 1. The number of ketones is 1. The van der Waals surface area contributed by atoms with Crippen LogP contribution in [0, 0.1) is 17.1 Å². The van der Waals surface area contributed by atoms with E-state index in [0.717, 1.165) is 0 Å². The standard InChI is InChI=1S/C14H16FN3O2/c1-17-9-14(20)18(2)12(13(19)8-16)7-10-4-3-5-11(15)6-10/h3-6,12,17H,7,9H2,1-2H3. The van der Waals surface area contributed by atoms with Gasteiger partial charge in [-0.25, -0.2) is 4.39 Å². The number of hydrogen-bond acceptors (Lipinski definition) is 4. The summed E-state index contributed by atoms with van der Waals surface area (Å²) in [5.41, 5.74) is 0.558. The van der Waals surface area contributed by atoms with E-state index in [2.05, 4.69) is 5.32 Å². The summed E-state index contributed by atoms with van der Waals surface area (Å²) in [5.74, 6) is -1.45. The molecule has 0 aliphatic carbocycles. The number of nitriles is 1. The molecule has 1 amide bonds. The van der Waals surface area contributed by atoms with Crippen LogP contribution >= 0.6 is 0 Å². The number of amides is 1. The van der Waals surface area contributed by atoms with E-state index in [-0.39, 0.29) is 18.9 Å². The van der Waals surface area contributed by atoms with Crippen LogP contribution in [0.5, 0.6) is 0 Å². The molecule has 6 heteroatoms. The Morgan fingerprint density at radius 3 is 2.75 bits per heavy atom. The van der Waals surface area contributed by atoms with E-state index in [1.54, 1.807) is 13.1 Å². The number of nitrogens with zero attached hydrogens (tertiary/aromatic N) is 2. The summed E-state index contributed by atoms with van der Waals surface area (Å²) in [7, 11) is 3.07. The fraction of sp³-hybridized carbons (Fsp3) is 0.357. The molecule has 5 nitrogen and oxygen atoms in total. The van der Waals surface area contributed by atoms with Crippen LogP contribution in [0.2, 0.25) is 0 Å². The molecule has 1 unspecified atom stereocenters. The minimum absolute atomic E-state index is 0.0643. The Morgan fingerprint density at radius 2 is 2.20 bits per heavy atom. The minimum atomic E-state index is -0.914. The van der Waals surface area contributed by atoms with Crippen molar-refractivity contribution in [2.75, 3.05) is 20.6 Å². The summed E-state index contributed by atoms with van der Waals surface area (Å²) < 4.78 is 13.1. The fourth-order valence-corrected chi connectivity index (χ4v) is 1.82. The van der Waals surface area contributed by atoms with Crippen molar-refractivity contribution in [3.8, 4) is 6.07 Å². The van der Waals surface area contributed by atoms with Gasteiger partial charge in [-0.3, -0.25) is 9.59 Å². The summed E-state index contributed by atoms with van der Waals surface area (Å²) in [4.78, 5) is 24.7. The van der Waals surface area contributed by atoms with Gasteiger partial charge in [0, 0.05) is 13.5 Å². The highest BCUT2D eigenvalue weighted by Crippen LogP contribution is 2.11. The third-order valence-corrected chi connectivity index (χ3v) is 2.92. The van der Waals surface area contributed by atoms with Gasteiger partial charge in [0.2, 0.25) is 5.91 Å². The highest BCUT2D eigenvalue weighted by molar-refractivity contribution is 6.00. The molecular formula is C14H16FN3O2. The lowest BCUT2D eigenvalue weighted by Crippen LogP contribution is -2.46. The lowest BCUT2D eigenvalue weighted by molar-refractivity contribution is -0.135. The second-order valence-corrected chi connectivity index (χ2v) is 4.36. The van der Waals surface area contributed by atoms with Gasteiger partial charge in [-0.1, -0.05) is 12.1 Å². The first-order chi connectivity index (χ1) is 9.49. The molecule has 0 bridgehead atoms. The number of halogens is 1. The maximum Gasteiger partial charge on any atom is 0.254 e. The maximum atomic E-state index is 13.1. The van der Waals surface area contributed by atoms with E-state index >= 15 is 0 Å². The average Bonchev–Trinajstić information content (AvgIpc) is 2.43. The van der Waals surface area contributed by atoms with E-state index in [0.29, 0.717) is 5.56 Å². The van der Waals surface area contributed by atoms with Crippen molar-refractivity contribution in [2.24, 2.45) is 0 Å². The zero-order chi connectivity index (χ0) is 15.1. The summed E-state index contributed by atoms with van der Waals surface area (Å²) >= 11 is 0. The highest BCUT2D eigenvalue weighted by atomic mass is 19.1. The van der Waals surface area contributed by atoms with Gasteiger partial charge in [0.15, 0.2) is 0 Å². The van der Waals surface area contributed by atoms with Crippen molar-refractivity contribution in [1.29, 1.82) is 5.26 Å². The Hall–Kier alpha value is -2.26. The first-order valence-corrected chi connectivity index (χ1v) is 6.08. The molecule has 106 valence electrons. The van der Waals surface area contributed by atoms with Crippen molar-refractivity contribution in [1.82, 2.24) is 10.2 Å². The largest absolute Gasteiger partial charge is 0.333 e.